The highest BCUT2D eigenvalue weighted by molar-refractivity contribution is 5.87. The van der Waals surface area contributed by atoms with Crippen LogP contribution >= 0.6 is 0 Å². The molecule has 0 saturated heterocycles. The fourth-order valence-corrected chi connectivity index (χ4v) is 2.65. The molecule has 2 heterocycles. The Hall–Kier alpha value is -3.28. The normalized spacial score (nSPS) is 10.7. The number of aromatic carboxylic acids is 1. The maximum absolute atomic E-state index is 13.3. The lowest BCUT2D eigenvalue weighted by Crippen LogP contribution is -2.19. The summed E-state index contributed by atoms with van der Waals surface area (Å²) in [5, 5.41) is 9.01. The van der Waals surface area contributed by atoms with Gasteiger partial charge >= 0.3 is 5.97 Å². The molecular weight excluding hydrogens is 335 g/mol. The monoisotopic (exact) mass is 352 g/mol. The minimum Gasteiger partial charge on any atom is -0.478 e. The van der Waals surface area contributed by atoms with E-state index in [2.05, 4.69) is 4.98 Å². The zero-order valence-corrected chi connectivity index (χ0v) is 13.9. The molecule has 0 atom stereocenters. The van der Waals surface area contributed by atoms with Gasteiger partial charge in [0.2, 0.25) is 0 Å². The predicted octanol–water partition coefficient (Wildman–Crippen LogP) is 2.91. The standard InChI is InChI=1S/C20H17FN2O3/c21-17-6-8-19(24)23(13-17)12-15-3-1-14(2-4-15)5-7-18-11-16(20(25)26)9-10-22-18/h1-4,6,8-11,13H,5,7,12H2,(H,25,26). The van der Waals surface area contributed by atoms with Crippen LogP contribution in [-0.4, -0.2) is 20.6 Å². The first kappa shape index (κ1) is 17.5. The second-order valence-electron chi connectivity index (χ2n) is 5.97. The van der Waals surface area contributed by atoms with Crippen LogP contribution in [0.15, 0.2) is 65.7 Å². The molecule has 6 heteroatoms. The van der Waals surface area contributed by atoms with E-state index < -0.39 is 11.8 Å². The number of aryl methyl sites for hydroxylation is 2. The molecule has 26 heavy (non-hydrogen) atoms. The van der Waals surface area contributed by atoms with Gasteiger partial charge in [-0.15, -0.1) is 0 Å². The van der Waals surface area contributed by atoms with Gasteiger partial charge in [-0.2, -0.15) is 0 Å². The number of carboxylic acids is 1. The van der Waals surface area contributed by atoms with Gasteiger partial charge in [-0.05, 0) is 42.2 Å². The number of hydrogen-bond donors (Lipinski definition) is 1. The Morgan fingerprint density at radius 3 is 2.50 bits per heavy atom. The Bertz CT molecular complexity index is 981. The molecule has 1 N–H and O–H groups in total. The summed E-state index contributed by atoms with van der Waals surface area (Å²) in [4.78, 5) is 26.9. The summed E-state index contributed by atoms with van der Waals surface area (Å²) in [5.41, 5.74) is 2.67. The lowest BCUT2D eigenvalue weighted by molar-refractivity contribution is 0.0696. The summed E-state index contributed by atoms with van der Waals surface area (Å²) in [5.74, 6) is -1.41. The molecule has 2 aromatic heterocycles. The first-order valence-corrected chi connectivity index (χ1v) is 8.13. The zero-order chi connectivity index (χ0) is 18.5. The molecule has 0 amide bonds. The highest BCUT2D eigenvalue weighted by atomic mass is 19.1. The van der Waals surface area contributed by atoms with E-state index in [1.54, 1.807) is 6.07 Å². The Labute approximate surface area is 149 Å². The quantitative estimate of drug-likeness (QED) is 0.740. The molecular formula is C20H17FN2O3. The number of aromatic nitrogens is 2. The number of carbonyl (C=O) groups is 1. The summed E-state index contributed by atoms with van der Waals surface area (Å²) in [6.07, 6.45) is 4.04. The van der Waals surface area contributed by atoms with Crippen molar-refractivity contribution < 1.29 is 14.3 Å². The summed E-state index contributed by atoms with van der Waals surface area (Å²) in [6.45, 7) is 0.305. The van der Waals surface area contributed by atoms with E-state index in [1.165, 1.54) is 29.1 Å². The van der Waals surface area contributed by atoms with E-state index in [9.17, 15) is 14.0 Å². The van der Waals surface area contributed by atoms with E-state index >= 15 is 0 Å². The van der Waals surface area contributed by atoms with Crippen LogP contribution in [0.2, 0.25) is 0 Å². The van der Waals surface area contributed by atoms with E-state index in [1.807, 2.05) is 24.3 Å². The van der Waals surface area contributed by atoms with Crippen LogP contribution in [0.4, 0.5) is 4.39 Å². The van der Waals surface area contributed by atoms with Gasteiger partial charge in [0.05, 0.1) is 12.1 Å². The molecule has 0 radical (unpaired) electrons. The van der Waals surface area contributed by atoms with Crippen LogP contribution in [-0.2, 0) is 19.4 Å². The molecule has 0 spiro atoms. The van der Waals surface area contributed by atoms with Gasteiger partial charge in [0.15, 0.2) is 0 Å². The van der Waals surface area contributed by atoms with E-state index in [0.29, 0.717) is 13.0 Å². The number of halogens is 1. The fourth-order valence-electron chi connectivity index (χ4n) is 2.65. The minimum atomic E-state index is -0.967. The summed E-state index contributed by atoms with van der Waals surface area (Å²) >= 11 is 0. The SMILES string of the molecule is O=C(O)c1ccnc(CCc2ccc(Cn3cc(F)ccc3=O)cc2)c1. The van der Waals surface area contributed by atoms with Crippen molar-refractivity contribution in [2.75, 3.05) is 0 Å². The minimum absolute atomic E-state index is 0.228. The van der Waals surface area contributed by atoms with Crippen molar-refractivity contribution in [3.8, 4) is 0 Å². The van der Waals surface area contributed by atoms with Crippen LogP contribution in [0, 0.1) is 5.82 Å². The molecule has 0 fully saturated rings. The molecule has 0 aliphatic heterocycles. The highest BCUT2D eigenvalue weighted by Gasteiger charge is 2.05. The summed E-state index contributed by atoms with van der Waals surface area (Å²) in [7, 11) is 0. The number of hydrogen-bond acceptors (Lipinski definition) is 3. The van der Waals surface area contributed by atoms with E-state index in [4.69, 9.17) is 5.11 Å². The zero-order valence-electron chi connectivity index (χ0n) is 13.9. The first-order valence-electron chi connectivity index (χ1n) is 8.13. The van der Waals surface area contributed by atoms with E-state index in [0.717, 1.165) is 29.3 Å². The molecule has 0 bridgehead atoms. The topological polar surface area (TPSA) is 72.2 Å². The average molecular weight is 352 g/mol. The second kappa shape index (κ2) is 7.74. The van der Waals surface area contributed by atoms with Crippen molar-refractivity contribution in [2.24, 2.45) is 0 Å². The lowest BCUT2D eigenvalue weighted by atomic mass is 10.0. The van der Waals surface area contributed by atoms with Crippen molar-refractivity contribution in [1.29, 1.82) is 0 Å². The molecule has 3 aromatic rings. The van der Waals surface area contributed by atoms with Crippen LogP contribution in [0.3, 0.4) is 0 Å². The Morgan fingerprint density at radius 1 is 1.04 bits per heavy atom. The maximum Gasteiger partial charge on any atom is 0.335 e. The summed E-state index contributed by atoms with van der Waals surface area (Å²) < 4.78 is 14.6. The van der Waals surface area contributed by atoms with Crippen molar-refractivity contribution in [2.45, 2.75) is 19.4 Å². The van der Waals surface area contributed by atoms with Gasteiger partial charge in [-0.3, -0.25) is 9.78 Å². The van der Waals surface area contributed by atoms with Crippen LogP contribution < -0.4 is 5.56 Å². The molecule has 1 aromatic carbocycles. The summed E-state index contributed by atoms with van der Waals surface area (Å²) in [6, 6.07) is 13.1. The van der Waals surface area contributed by atoms with Crippen molar-refractivity contribution in [3.05, 3.63) is 99.5 Å². The maximum atomic E-state index is 13.3. The molecule has 0 aliphatic carbocycles. The van der Waals surface area contributed by atoms with Gasteiger partial charge in [0, 0.05) is 24.2 Å². The van der Waals surface area contributed by atoms with Gasteiger partial charge in [-0.1, -0.05) is 24.3 Å². The highest BCUT2D eigenvalue weighted by Crippen LogP contribution is 2.10. The number of benzene rings is 1. The third kappa shape index (κ3) is 4.42. The van der Waals surface area contributed by atoms with Gasteiger partial charge in [0.1, 0.15) is 5.82 Å². The largest absolute Gasteiger partial charge is 0.478 e. The second-order valence-corrected chi connectivity index (χ2v) is 5.97. The lowest BCUT2D eigenvalue weighted by Gasteiger charge is -2.07. The Balaban J connectivity index is 1.64. The predicted molar refractivity (Wildman–Crippen MR) is 94.8 cm³/mol. The van der Waals surface area contributed by atoms with Gasteiger partial charge < -0.3 is 9.67 Å². The number of carboxylic acid groups (broad SMARTS) is 1. The smallest absolute Gasteiger partial charge is 0.335 e. The fraction of sp³-hybridized carbons (Fsp3) is 0.150. The Morgan fingerprint density at radius 2 is 1.77 bits per heavy atom. The van der Waals surface area contributed by atoms with Crippen molar-refractivity contribution >= 4 is 5.97 Å². The van der Waals surface area contributed by atoms with Crippen LogP contribution in [0.1, 0.15) is 27.2 Å². The van der Waals surface area contributed by atoms with Crippen molar-refractivity contribution in [3.63, 3.8) is 0 Å². The number of nitrogens with zero attached hydrogens (tertiary/aromatic N) is 2. The van der Waals surface area contributed by atoms with Crippen LogP contribution in [0.5, 0.6) is 0 Å². The van der Waals surface area contributed by atoms with Gasteiger partial charge in [-0.25, -0.2) is 9.18 Å². The first-order chi connectivity index (χ1) is 12.5. The number of rotatable bonds is 6. The number of pyridine rings is 2. The molecule has 0 aliphatic rings. The van der Waals surface area contributed by atoms with Gasteiger partial charge in [0.25, 0.3) is 5.56 Å². The van der Waals surface area contributed by atoms with E-state index in [-0.39, 0.29) is 11.1 Å². The third-order valence-corrected chi connectivity index (χ3v) is 4.06. The molecule has 0 saturated carbocycles. The van der Waals surface area contributed by atoms with Crippen LogP contribution in [0.25, 0.3) is 0 Å². The molecule has 132 valence electrons. The third-order valence-electron chi connectivity index (χ3n) is 4.06. The molecule has 5 nitrogen and oxygen atoms in total. The molecule has 3 rings (SSSR count). The Kier molecular flexibility index (Phi) is 5.22. The average Bonchev–Trinajstić information content (AvgIpc) is 2.64. The van der Waals surface area contributed by atoms with Crippen molar-refractivity contribution in [1.82, 2.24) is 9.55 Å². The molecule has 0 unspecified atom stereocenters.